The molecule has 3 nitrogen and oxygen atoms in total. The van der Waals surface area contributed by atoms with Gasteiger partial charge in [0.1, 0.15) is 6.33 Å². The molecule has 0 saturated heterocycles. The molecule has 0 unspecified atom stereocenters. The molecule has 0 bridgehead atoms. The molecule has 2 rings (SSSR count). The number of hydrogen-bond acceptors (Lipinski definition) is 3. The predicted octanol–water partition coefficient (Wildman–Crippen LogP) is 3.18. The highest BCUT2D eigenvalue weighted by Gasteiger charge is 2.10. The summed E-state index contributed by atoms with van der Waals surface area (Å²) < 4.78 is 0. The lowest BCUT2D eigenvalue weighted by molar-refractivity contribution is 0.284. The third-order valence-corrected chi connectivity index (χ3v) is 3.20. The van der Waals surface area contributed by atoms with Crippen molar-refractivity contribution in [3.8, 4) is 0 Å². The molecule has 1 atom stereocenters. The first-order valence-electron chi connectivity index (χ1n) is 6.45. The summed E-state index contributed by atoms with van der Waals surface area (Å²) in [5, 5.41) is 0. The molecule has 0 saturated carbocycles. The Balaban J connectivity index is 1.91. The van der Waals surface area contributed by atoms with E-state index in [4.69, 9.17) is 0 Å². The van der Waals surface area contributed by atoms with E-state index in [0.717, 1.165) is 12.2 Å². The summed E-state index contributed by atoms with van der Waals surface area (Å²) in [6.45, 7) is 3.04. The van der Waals surface area contributed by atoms with Crippen LogP contribution in [0.15, 0.2) is 55.0 Å². The Labute approximate surface area is 114 Å². The molecule has 0 amide bonds. The topological polar surface area (TPSA) is 29.0 Å². The Morgan fingerprint density at radius 1 is 1.21 bits per heavy atom. The van der Waals surface area contributed by atoms with E-state index in [9.17, 15) is 0 Å². The second-order valence-corrected chi connectivity index (χ2v) is 4.56. The van der Waals surface area contributed by atoms with Crippen molar-refractivity contribution in [3.05, 3.63) is 66.3 Å². The molecule has 1 aromatic heterocycles. The highest BCUT2D eigenvalue weighted by Crippen LogP contribution is 2.15. The minimum atomic E-state index is 0.281. The SMILES string of the molecule is C[C@@H](c1ccncn1)N(C)C/C=C/c1ccccc1. The van der Waals surface area contributed by atoms with Crippen LogP contribution in [-0.2, 0) is 0 Å². The zero-order valence-corrected chi connectivity index (χ0v) is 11.4. The average Bonchev–Trinajstić information content (AvgIpc) is 2.48. The van der Waals surface area contributed by atoms with Gasteiger partial charge in [0.2, 0.25) is 0 Å². The lowest BCUT2D eigenvalue weighted by atomic mass is 10.2. The third-order valence-electron chi connectivity index (χ3n) is 3.20. The number of nitrogens with zero attached hydrogens (tertiary/aromatic N) is 3. The summed E-state index contributed by atoms with van der Waals surface area (Å²) in [5.41, 5.74) is 2.27. The maximum absolute atomic E-state index is 4.29. The van der Waals surface area contributed by atoms with Crippen LogP contribution in [0.3, 0.4) is 0 Å². The zero-order chi connectivity index (χ0) is 13.5. The Bertz CT molecular complexity index is 508. The molecule has 19 heavy (non-hydrogen) atoms. The van der Waals surface area contributed by atoms with Crippen LogP contribution < -0.4 is 0 Å². The molecule has 3 heteroatoms. The molecular weight excluding hydrogens is 234 g/mol. The van der Waals surface area contributed by atoms with E-state index in [1.165, 1.54) is 5.56 Å². The lowest BCUT2D eigenvalue weighted by Crippen LogP contribution is -2.23. The number of aromatic nitrogens is 2. The molecule has 0 aliphatic rings. The molecule has 0 fully saturated rings. The van der Waals surface area contributed by atoms with Gasteiger partial charge < -0.3 is 0 Å². The molecule has 0 spiro atoms. The van der Waals surface area contributed by atoms with Crippen molar-refractivity contribution in [1.82, 2.24) is 14.9 Å². The first kappa shape index (κ1) is 13.4. The van der Waals surface area contributed by atoms with Crippen LogP contribution >= 0.6 is 0 Å². The Kier molecular flexibility index (Phi) is 4.81. The summed E-state index contributed by atoms with van der Waals surface area (Å²) >= 11 is 0. The Morgan fingerprint density at radius 2 is 2.00 bits per heavy atom. The van der Waals surface area contributed by atoms with Crippen molar-refractivity contribution in [1.29, 1.82) is 0 Å². The van der Waals surface area contributed by atoms with Crippen molar-refractivity contribution >= 4 is 6.08 Å². The van der Waals surface area contributed by atoms with Crippen LogP contribution in [0.25, 0.3) is 6.08 Å². The fourth-order valence-corrected chi connectivity index (χ4v) is 1.85. The van der Waals surface area contributed by atoms with Crippen molar-refractivity contribution in [2.75, 3.05) is 13.6 Å². The lowest BCUT2D eigenvalue weighted by Gasteiger charge is -2.22. The molecule has 0 aliphatic carbocycles. The van der Waals surface area contributed by atoms with Crippen LogP contribution in [-0.4, -0.2) is 28.5 Å². The molecule has 0 aliphatic heterocycles. The number of rotatable bonds is 5. The van der Waals surface area contributed by atoms with Crippen LogP contribution in [0, 0.1) is 0 Å². The van der Waals surface area contributed by atoms with E-state index in [-0.39, 0.29) is 6.04 Å². The smallest absolute Gasteiger partial charge is 0.115 e. The minimum absolute atomic E-state index is 0.281. The van der Waals surface area contributed by atoms with Gasteiger partial charge in [0.25, 0.3) is 0 Å². The van der Waals surface area contributed by atoms with Gasteiger partial charge >= 0.3 is 0 Å². The van der Waals surface area contributed by atoms with Gasteiger partial charge in [0.05, 0.1) is 5.69 Å². The fraction of sp³-hybridized carbons (Fsp3) is 0.250. The molecule has 2 aromatic rings. The highest BCUT2D eigenvalue weighted by molar-refractivity contribution is 5.48. The standard InChI is InChI=1S/C16H19N3/c1-14(16-10-11-17-13-18-16)19(2)12-6-9-15-7-4-3-5-8-15/h3-11,13-14H,12H2,1-2H3/b9-6+/t14-/m0/s1. The summed E-state index contributed by atoms with van der Waals surface area (Å²) in [6, 6.07) is 12.6. The maximum atomic E-state index is 4.29. The van der Waals surface area contributed by atoms with Crippen LogP contribution in [0.4, 0.5) is 0 Å². The second kappa shape index (κ2) is 6.81. The third kappa shape index (κ3) is 4.00. The summed E-state index contributed by atoms with van der Waals surface area (Å²) in [6.07, 6.45) is 7.70. The van der Waals surface area contributed by atoms with Gasteiger partial charge in [-0.15, -0.1) is 0 Å². The first-order valence-corrected chi connectivity index (χ1v) is 6.45. The van der Waals surface area contributed by atoms with Crippen LogP contribution in [0.5, 0.6) is 0 Å². The van der Waals surface area contributed by atoms with E-state index in [0.29, 0.717) is 0 Å². The van der Waals surface area contributed by atoms with Crippen molar-refractivity contribution in [2.24, 2.45) is 0 Å². The normalized spacial score (nSPS) is 13.0. The largest absolute Gasteiger partial charge is 0.294 e. The predicted molar refractivity (Wildman–Crippen MR) is 78.6 cm³/mol. The molecule has 1 aromatic carbocycles. The molecular formula is C16H19N3. The summed E-state index contributed by atoms with van der Waals surface area (Å²) in [5.74, 6) is 0. The van der Waals surface area contributed by atoms with E-state index in [2.05, 4.69) is 53.1 Å². The van der Waals surface area contributed by atoms with Crippen LogP contribution in [0.1, 0.15) is 24.2 Å². The first-order chi connectivity index (χ1) is 9.27. The van der Waals surface area contributed by atoms with Crippen LogP contribution in [0.2, 0.25) is 0 Å². The Morgan fingerprint density at radius 3 is 2.68 bits per heavy atom. The fourth-order valence-electron chi connectivity index (χ4n) is 1.85. The van der Waals surface area contributed by atoms with Gasteiger partial charge in [-0.05, 0) is 25.6 Å². The zero-order valence-electron chi connectivity index (χ0n) is 11.4. The monoisotopic (exact) mass is 253 g/mol. The average molecular weight is 253 g/mol. The van der Waals surface area contributed by atoms with E-state index >= 15 is 0 Å². The minimum Gasteiger partial charge on any atom is -0.294 e. The second-order valence-electron chi connectivity index (χ2n) is 4.56. The maximum Gasteiger partial charge on any atom is 0.115 e. The number of likely N-dealkylation sites (N-methyl/N-ethyl adjacent to an activating group) is 1. The highest BCUT2D eigenvalue weighted by atomic mass is 15.1. The van der Waals surface area contributed by atoms with Gasteiger partial charge in [-0.2, -0.15) is 0 Å². The quantitative estimate of drug-likeness (QED) is 0.819. The van der Waals surface area contributed by atoms with Gasteiger partial charge in [0.15, 0.2) is 0 Å². The molecule has 98 valence electrons. The van der Waals surface area contributed by atoms with E-state index in [1.807, 2.05) is 24.3 Å². The number of benzene rings is 1. The van der Waals surface area contributed by atoms with Crippen molar-refractivity contribution < 1.29 is 0 Å². The van der Waals surface area contributed by atoms with Gasteiger partial charge in [0, 0.05) is 18.8 Å². The number of hydrogen-bond donors (Lipinski definition) is 0. The molecule has 0 radical (unpaired) electrons. The Hall–Kier alpha value is -2.00. The van der Waals surface area contributed by atoms with Crippen molar-refractivity contribution in [3.63, 3.8) is 0 Å². The summed E-state index contributed by atoms with van der Waals surface area (Å²) in [7, 11) is 2.10. The molecule has 0 N–H and O–H groups in total. The van der Waals surface area contributed by atoms with E-state index < -0.39 is 0 Å². The van der Waals surface area contributed by atoms with Gasteiger partial charge in [-0.1, -0.05) is 42.5 Å². The van der Waals surface area contributed by atoms with Gasteiger partial charge in [-0.3, -0.25) is 4.90 Å². The van der Waals surface area contributed by atoms with Gasteiger partial charge in [-0.25, -0.2) is 9.97 Å². The van der Waals surface area contributed by atoms with Crippen molar-refractivity contribution in [2.45, 2.75) is 13.0 Å². The molecule has 1 heterocycles. The summed E-state index contributed by atoms with van der Waals surface area (Å²) in [4.78, 5) is 10.5. The van der Waals surface area contributed by atoms with E-state index in [1.54, 1.807) is 12.5 Å².